The first-order valence-electron chi connectivity index (χ1n) is 8.52. The molecule has 0 aliphatic heterocycles. The quantitative estimate of drug-likeness (QED) is 0.598. The average molecular weight is 424 g/mol. The number of carbonyl (C=O) groups excluding carboxylic acids is 1. The summed E-state index contributed by atoms with van der Waals surface area (Å²) < 4.78 is 30.5. The van der Waals surface area contributed by atoms with E-state index >= 15 is 0 Å². The molecule has 0 spiro atoms. The van der Waals surface area contributed by atoms with Crippen molar-refractivity contribution in [2.75, 3.05) is 6.54 Å². The van der Waals surface area contributed by atoms with Crippen LogP contribution in [0.2, 0.25) is 5.02 Å². The van der Waals surface area contributed by atoms with Gasteiger partial charge in [0.2, 0.25) is 5.91 Å². The molecule has 1 aromatic heterocycles. The molecule has 1 N–H and O–H groups in total. The van der Waals surface area contributed by atoms with Gasteiger partial charge in [0.25, 0.3) is 0 Å². The van der Waals surface area contributed by atoms with E-state index in [-0.39, 0.29) is 12.3 Å². The third-order valence-electron chi connectivity index (χ3n) is 3.90. The first kappa shape index (κ1) is 20.5. The third-order valence-corrected chi connectivity index (χ3v) is 4.22. The van der Waals surface area contributed by atoms with Gasteiger partial charge in [0.15, 0.2) is 0 Å². The van der Waals surface area contributed by atoms with Crippen LogP contribution in [0.1, 0.15) is 5.56 Å². The largest absolute Gasteiger partial charge is 0.435 e. The molecule has 0 bridgehead atoms. The Hall–Kier alpha value is -3.27. The van der Waals surface area contributed by atoms with Crippen LogP contribution < -0.4 is 15.7 Å². The van der Waals surface area contributed by atoms with Crippen molar-refractivity contribution in [2.45, 2.75) is 19.6 Å². The Morgan fingerprint density at radius 2 is 1.86 bits per heavy atom. The number of ether oxygens (including phenoxy) is 1. The standard InChI is InChI=1S/C18H16ClF2N5O3/c19-14-3-1-2-4-15(14)26-18(28)25(23-24-26)11-16(27)22-10-9-12-5-7-13(8-6-12)29-17(20)21/h1-8,17H,9-11H2,(H,22,27). The molecule has 11 heteroatoms. The third kappa shape index (κ3) is 5.38. The van der Waals surface area contributed by atoms with E-state index in [0.29, 0.717) is 23.7 Å². The second kappa shape index (κ2) is 9.28. The number of tetrazole rings is 1. The summed E-state index contributed by atoms with van der Waals surface area (Å²) in [5, 5.41) is 10.4. The summed E-state index contributed by atoms with van der Waals surface area (Å²) in [5.74, 6) is -0.357. The highest BCUT2D eigenvalue weighted by Crippen LogP contribution is 2.17. The SMILES string of the molecule is O=C(Cn1nnn(-c2ccccc2Cl)c1=O)NCCc1ccc(OC(F)F)cc1. The molecule has 0 saturated carbocycles. The smallest absolute Gasteiger partial charge is 0.387 e. The van der Waals surface area contributed by atoms with Crippen molar-refractivity contribution in [3.05, 3.63) is 69.6 Å². The van der Waals surface area contributed by atoms with Crippen molar-refractivity contribution in [3.8, 4) is 11.4 Å². The van der Waals surface area contributed by atoms with Gasteiger partial charge in [-0.1, -0.05) is 35.9 Å². The maximum absolute atomic E-state index is 12.4. The monoisotopic (exact) mass is 423 g/mol. The van der Waals surface area contributed by atoms with Crippen LogP contribution in [-0.4, -0.2) is 38.9 Å². The molecule has 3 aromatic rings. The second-order valence-electron chi connectivity index (χ2n) is 5.90. The number of carbonyl (C=O) groups is 1. The molecule has 0 saturated heterocycles. The lowest BCUT2D eigenvalue weighted by Crippen LogP contribution is -2.34. The molecule has 29 heavy (non-hydrogen) atoms. The molecule has 3 rings (SSSR count). The van der Waals surface area contributed by atoms with E-state index < -0.39 is 18.2 Å². The molecule has 8 nitrogen and oxygen atoms in total. The van der Waals surface area contributed by atoms with Crippen LogP contribution in [0, 0.1) is 0 Å². The zero-order chi connectivity index (χ0) is 20.8. The molecular weight excluding hydrogens is 408 g/mol. The van der Waals surface area contributed by atoms with E-state index in [0.717, 1.165) is 14.9 Å². The van der Waals surface area contributed by atoms with Crippen LogP contribution in [-0.2, 0) is 17.8 Å². The lowest BCUT2D eigenvalue weighted by atomic mass is 10.1. The van der Waals surface area contributed by atoms with E-state index in [1.807, 2.05) is 0 Å². The van der Waals surface area contributed by atoms with E-state index in [1.54, 1.807) is 36.4 Å². The number of halogens is 3. The number of hydrogen-bond acceptors (Lipinski definition) is 5. The van der Waals surface area contributed by atoms with Gasteiger partial charge in [-0.15, -0.1) is 0 Å². The maximum atomic E-state index is 12.4. The number of amides is 1. The normalized spacial score (nSPS) is 10.9. The fourth-order valence-corrected chi connectivity index (χ4v) is 2.74. The van der Waals surface area contributed by atoms with E-state index in [4.69, 9.17) is 11.6 Å². The van der Waals surface area contributed by atoms with Crippen LogP contribution >= 0.6 is 11.6 Å². The molecular formula is C18H16ClF2N5O3. The fourth-order valence-electron chi connectivity index (χ4n) is 2.52. The number of aromatic nitrogens is 4. The molecule has 2 aromatic carbocycles. The summed E-state index contributed by atoms with van der Waals surface area (Å²) in [4.78, 5) is 24.4. The Morgan fingerprint density at radius 1 is 1.14 bits per heavy atom. The molecule has 0 aliphatic carbocycles. The van der Waals surface area contributed by atoms with Gasteiger partial charge in [0.05, 0.1) is 10.7 Å². The van der Waals surface area contributed by atoms with Gasteiger partial charge in [-0.3, -0.25) is 4.79 Å². The van der Waals surface area contributed by atoms with Crippen molar-refractivity contribution in [2.24, 2.45) is 0 Å². The highest BCUT2D eigenvalue weighted by atomic mass is 35.5. The Balaban J connectivity index is 1.53. The van der Waals surface area contributed by atoms with Gasteiger partial charge < -0.3 is 10.1 Å². The predicted molar refractivity (Wildman–Crippen MR) is 100 cm³/mol. The van der Waals surface area contributed by atoms with Crippen LogP contribution in [0.15, 0.2) is 53.3 Å². The van der Waals surface area contributed by atoms with Gasteiger partial charge in [-0.05, 0) is 46.7 Å². The molecule has 0 atom stereocenters. The minimum absolute atomic E-state index is 0.0637. The van der Waals surface area contributed by atoms with Crippen molar-refractivity contribution < 1.29 is 18.3 Å². The van der Waals surface area contributed by atoms with Crippen molar-refractivity contribution in [1.29, 1.82) is 0 Å². The summed E-state index contributed by atoms with van der Waals surface area (Å²) in [5.41, 5.74) is 0.599. The fraction of sp³-hybridized carbons (Fsp3) is 0.222. The summed E-state index contributed by atoms with van der Waals surface area (Å²) in [6, 6.07) is 12.8. The zero-order valence-electron chi connectivity index (χ0n) is 15.0. The Labute approximate surface area is 168 Å². The van der Waals surface area contributed by atoms with Crippen molar-refractivity contribution >= 4 is 17.5 Å². The minimum atomic E-state index is -2.88. The molecule has 0 fully saturated rings. The van der Waals surface area contributed by atoms with Gasteiger partial charge >= 0.3 is 12.3 Å². The van der Waals surface area contributed by atoms with Crippen LogP contribution in [0.5, 0.6) is 5.75 Å². The number of hydrogen-bond donors (Lipinski definition) is 1. The van der Waals surface area contributed by atoms with Crippen molar-refractivity contribution in [1.82, 2.24) is 25.1 Å². The summed E-state index contributed by atoms with van der Waals surface area (Å²) in [6.45, 7) is -2.88. The number of nitrogens with one attached hydrogen (secondary N) is 1. The molecule has 0 unspecified atom stereocenters. The van der Waals surface area contributed by atoms with Crippen LogP contribution in [0.3, 0.4) is 0 Å². The first-order valence-corrected chi connectivity index (χ1v) is 8.90. The molecule has 0 aliphatic rings. The number of para-hydroxylation sites is 1. The van der Waals surface area contributed by atoms with E-state index in [2.05, 4.69) is 20.5 Å². The Morgan fingerprint density at radius 3 is 2.55 bits per heavy atom. The topological polar surface area (TPSA) is 91.0 Å². The summed E-state index contributed by atoms with van der Waals surface area (Å²) in [6.07, 6.45) is 0.474. The van der Waals surface area contributed by atoms with Gasteiger partial charge in [-0.25, -0.2) is 4.79 Å². The number of alkyl halides is 2. The summed E-state index contributed by atoms with van der Waals surface area (Å²) in [7, 11) is 0. The Bertz CT molecular complexity index is 1040. The number of nitrogens with zero attached hydrogens (tertiary/aromatic N) is 4. The lowest BCUT2D eigenvalue weighted by molar-refractivity contribution is -0.121. The highest BCUT2D eigenvalue weighted by Gasteiger charge is 2.13. The highest BCUT2D eigenvalue weighted by molar-refractivity contribution is 6.32. The lowest BCUT2D eigenvalue weighted by Gasteiger charge is -2.07. The van der Waals surface area contributed by atoms with Crippen molar-refractivity contribution in [3.63, 3.8) is 0 Å². The Kier molecular flexibility index (Phi) is 6.55. The van der Waals surface area contributed by atoms with Crippen LogP contribution in [0.4, 0.5) is 8.78 Å². The zero-order valence-corrected chi connectivity index (χ0v) is 15.7. The summed E-state index contributed by atoms with van der Waals surface area (Å²) >= 11 is 6.05. The predicted octanol–water partition coefficient (Wildman–Crippen LogP) is 2.04. The van der Waals surface area contributed by atoms with E-state index in [9.17, 15) is 18.4 Å². The molecule has 0 radical (unpaired) electrons. The van der Waals surface area contributed by atoms with Gasteiger partial charge in [0.1, 0.15) is 12.3 Å². The first-order chi connectivity index (χ1) is 13.9. The molecule has 152 valence electrons. The minimum Gasteiger partial charge on any atom is -0.435 e. The number of rotatable bonds is 8. The van der Waals surface area contributed by atoms with Gasteiger partial charge in [0, 0.05) is 6.54 Å². The second-order valence-corrected chi connectivity index (χ2v) is 6.31. The molecule has 1 heterocycles. The van der Waals surface area contributed by atoms with Crippen LogP contribution in [0.25, 0.3) is 5.69 Å². The van der Waals surface area contributed by atoms with E-state index in [1.165, 1.54) is 12.1 Å². The molecule has 1 amide bonds. The van der Waals surface area contributed by atoms with Gasteiger partial charge in [-0.2, -0.15) is 18.1 Å². The maximum Gasteiger partial charge on any atom is 0.387 e. The average Bonchev–Trinajstić information content (AvgIpc) is 3.03. The number of benzene rings is 2.